The van der Waals surface area contributed by atoms with Crippen LogP contribution >= 0.6 is 0 Å². The zero-order valence-electron chi connectivity index (χ0n) is 17.9. The summed E-state index contributed by atoms with van der Waals surface area (Å²) in [6.07, 6.45) is 1.74. The number of fused-ring (bicyclic) bond motifs is 1. The minimum absolute atomic E-state index is 0.177. The van der Waals surface area contributed by atoms with E-state index in [9.17, 15) is 19.2 Å². The SMILES string of the molecule is C=CCn1c(C)cc(C(=O)COC(=O)Cn2c(=O)n(CC)c(=O)c3ccccc32)c1C. The minimum Gasteiger partial charge on any atom is -0.456 e. The average molecular weight is 423 g/mol. The number of Topliss-reactive ketones (excluding diaryl/α,β-unsaturated/α-hetero) is 1. The molecule has 2 aromatic heterocycles. The molecule has 0 aliphatic carbocycles. The lowest BCUT2D eigenvalue weighted by Gasteiger charge is -2.12. The molecule has 3 rings (SSSR count). The molecule has 0 fully saturated rings. The molecule has 0 atom stereocenters. The number of rotatable bonds is 8. The van der Waals surface area contributed by atoms with Gasteiger partial charge in [0, 0.05) is 30.0 Å². The van der Waals surface area contributed by atoms with Gasteiger partial charge in [-0.2, -0.15) is 0 Å². The van der Waals surface area contributed by atoms with Crippen LogP contribution in [0.2, 0.25) is 0 Å². The van der Waals surface area contributed by atoms with Crippen LogP contribution in [0.5, 0.6) is 0 Å². The van der Waals surface area contributed by atoms with Crippen LogP contribution in [0, 0.1) is 13.8 Å². The maximum atomic E-state index is 12.7. The van der Waals surface area contributed by atoms with E-state index in [-0.39, 0.29) is 12.3 Å². The van der Waals surface area contributed by atoms with Crippen molar-refractivity contribution in [2.75, 3.05) is 6.61 Å². The summed E-state index contributed by atoms with van der Waals surface area (Å²) in [5.74, 6) is -1.06. The highest BCUT2D eigenvalue weighted by molar-refractivity contribution is 5.99. The molecule has 0 aliphatic rings. The van der Waals surface area contributed by atoms with Gasteiger partial charge in [0.2, 0.25) is 5.78 Å². The Morgan fingerprint density at radius 2 is 1.81 bits per heavy atom. The fourth-order valence-corrected chi connectivity index (χ4v) is 3.69. The predicted molar refractivity (Wildman–Crippen MR) is 118 cm³/mol. The van der Waals surface area contributed by atoms with Crippen LogP contribution in [0.1, 0.15) is 28.7 Å². The van der Waals surface area contributed by atoms with Crippen molar-refractivity contribution >= 4 is 22.7 Å². The molecule has 0 aliphatic heterocycles. The van der Waals surface area contributed by atoms with Crippen molar-refractivity contribution in [1.82, 2.24) is 13.7 Å². The van der Waals surface area contributed by atoms with Gasteiger partial charge in [0.15, 0.2) is 6.61 Å². The number of aromatic nitrogens is 3. The summed E-state index contributed by atoms with van der Waals surface area (Å²) in [6, 6.07) is 8.34. The summed E-state index contributed by atoms with van der Waals surface area (Å²) in [5.41, 5.74) is 1.51. The van der Waals surface area contributed by atoms with Gasteiger partial charge in [-0.25, -0.2) is 4.79 Å². The van der Waals surface area contributed by atoms with E-state index in [2.05, 4.69) is 6.58 Å². The number of esters is 1. The van der Waals surface area contributed by atoms with Crippen LogP contribution in [-0.2, 0) is 29.2 Å². The molecular formula is C23H25N3O5. The van der Waals surface area contributed by atoms with Gasteiger partial charge in [-0.15, -0.1) is 6.58 Å². The molecule has 0 N–H and O–H groups in total. The number of aryl methyl sites for hydroxylation is 1. The number of ketones is 1. The second-order valence-electron chi connectivity index (χ2n) is 7.20. The van der Waals surface area contributed by atoms with Crippen molar-refractivity contribution in [1.29, 1.82) is 0 Å². The van der Waals surface area contributed by atoms with Gasteiger partial charge in [-0.1, -0.05) is 18.2 Å². The third-order valence-electron chi connectivity index (χ3n) is 5.29. The summed E-state index contributed by atoms with van der Waals surface area (Å²) in [7, 11) is 0. The number of para-hydroxylation sites is 1. The van der Waals surface area contributed by atoms with Crippen molar-refractivity contribution in [3.63, 3.8) is 0 Å². The molecule has 0 saturated carbocycles. The fraction of sp³-hybridized carbons (Fsp3) is 0.304. The molecule has 8 nitrogen and oxygen atoms in total. The first kappa shape index (κ1) is 22.0. The molecule has 8 heteroatoms. The van der Waals surface area contributed by atoms with Crippen molar-refractivity contribution in [2.45, 2.75) is 40.4 Å². The first-order chi connectivity index (χ1) is 14.8. The smallest absolute Gasteiger partial charge is 0.332 e. The summed E-state index contributed by atoms with van der Waals surface area (Å²) in [6.45, 7) is 9.03. The van der Waals surface area contributed by atoms with E-state index in [1.54, 1.807) is 43.3 Å². The van der Waals surface area contributed by atoms with E-state index in [0.29, 0.717) is 23.0 Å². The summed E-state index contributed by atoms with van der Waals surface area (Å²) in [5, 5.41) is 0.336. The zero-order chi connectivity index (χ0) is 22.7. The van der Waals surface area contributed by atoms with Gasteiger partial charge in [0.25, 0.3) is 5.56 Å². The standard InChI is InChI=1S/C23H25N3O5/c1-5-11-25-15(3)12-18(16(25)4)20(27)14-31-21(28)13-26-19-10-8-7-9-17(19)22(29)24(6-2)23(26)30/h5,7-10,12H,1,6,11,13-14H2,2-4H3. The Kier molecular flexibility index (Phi) is 6.39. The number of nitrogens with zero attached hydrogens (tertiary/aromatic N) is 3. The van der Waals surface area contributed by atoms with Gasteiger partial charge in [0.1, 0.15) is 6.54 Å². The number of hydrogen-bond donors (Lipinski definition) is 0. The Morgan fingerprint density at radius 1 is 1.10 bits per heavy atom. The van der Waals surface area contributed by atoms with Crippen molar-refractivity contribution in [3.8, 4) is 0 Å². The highest BCUT2D eigenvalue weighted by Crippen LogP contribution is 2.16. The van der Waals surface area contributed by atoms with Crippen LogP contribution in [0.4, 0.5) is 0 Å². The Hall–Kier alpha value is -3.68. The molecule has 162 valence electrons. The van der Waals surface area contributed by atoms with Crippen LogP contribution < -0.4 is 11.2 Å². The predicted octanol–water partition coefficient (Wildman–Crippen LogP) is 2.21. The molecule has 3 aromatic rings. The second-order valence-corrected chi connectivity index (χ2v) is 7.20. The lowest BCUT2D eigenvalue weighted by molar-refractivity contribution is -0.143. The normalized spacial score (nSPS) is 10.9. The molecule has 31 heavy (non-hydrogen) atoms. The van der Waals surface area contributed by atoms with E-state index in [1.807, 2.05) is 18.4 Å². The van der Waals surface area contributed by atoms with E-state index in [4.69, 9.17) is 4.74 Å². The lowest BCUT2D eigenvalue weighted by Crippen LogP contribution is -2.41. The second kappa shape index (κ2) is 8.99. The van der Waals surface area contributed by atoms with Crippen LogP contribution in [0.25, 0.3) is 10.9 Å². The fourth-order valence-electron chi connectivity index (χ4n) is 3.69. The number of ether oxygens (including phenoxy) is 1. The lowest BCUT2D eigenvalue weighted by atomic mass is 10.1. The first-order valence-electron chi connectivity index (χ1n) is 9.99. The maximum Gasteiger partial charge on any atom is 0.332 e. The molecule has 0 spiro atoms. The Labute approximate surface area is 179 Å². The largest absolute Gasteiger partial charge is 0.456 e. The van der Waals surface area contributed by atoms with E-state index < -0.39 is 30.4 Å². The molecule has 0 bridgehead atoms. The number of benzene rings is 1. The minimum atomic E-state index is -0.734. The van der Waals surface area contributed by atoms with Crippen molar-refractivity contribution < 1.29 is 14.3 Å². The molecule has 1 aromatic carbocycles. The molecule has 0 radical (unpaired) electrons. The maximum absolute atomic E-state index is 12.7. The summed E-state index contributed by atoms with van der Waals surface area (Å²) < 4.78 is 9.38. The van der Waals surface area contributed by atoms with E-state index in [0.717, 1.165) is 16.0 Å². The first-order valence-corrected chi connectivity index (χ1v) is 9.99. The molecule has 0 saturated heterocycles. The zero-order valence-corrected chi connectivity index (χ0v) is 17.9. The van der Waals surface area contributed by atoms with Gasteiger partial charge in [-0.3, -0.25) is 23.5 Å². The Bertz CT molecular complexity index is 1290. The van der Waals surface area contributed by atoms with E-state index in [1.165, 1.54) is 4.57 Å². The molecular weight excluding hydrogens is 398 g/mol. The third-order valence-corrected chi connectivity index (χ3v) is 5.29. The van der Waals surface area contributed by atoms with Crippen LogP contribution in [0.15, 0.2) is 52.6 Å². The molecule has 2 heterocycles. The number of hydrogen-bond acceptors (Lipinski definition) is 5. The van der Waals surface area contributed by atoms with Gasteiger partial charge >= 0.3 is 11.7 Å². The molecule has 0 amide bonds. The monoisotopic (exact) mass is 423 g/mol. The number of allylic oxidation sites excluding steroid dienone is 1. The van der Waals surface area contributed by atoms with Crippen molar-refractivity contribution in [2.24, 2.45) is 0 Å². The van der Waals surface area contributed by atoms with Gasteiger partial charge < -0.3 is 9.30 Å². The highest BCUT2D eigenvalue weighted by atomic mass is 16.5. The van der Waals surface area contributed by atoms with Crippen LogP contribution in [-0.4, -0.2) is 32.1 Å². The quantitative estimate of drug-likeness (QED) is 0.315. The van der Waals surface area contributed by atoms with Gasteiger partial charge in [0.05, 0.1) is 10.9 Å². The third kappa shape index (κ3) is 4.14. The summed E-state index contributed by atoms with van der Waals surface area (Å²) in [4.78, 5) is 50.2. The highest BCUT2D eigenvalue weighted by Gasteiger charge is 2.19. The number of carbonyl (C=O) groups excluding carboxylic acids is 2. The van der Waals surface area contributed by atoms with Crippen molar-refractivity contribution in [3.05, 3.63) is 80.8 Å². The Balaban J connectivity index is 1.81. The molecule has 0 unspecified atom stereocenters. The topological polar surface area (TPSA) is 92.3 Å². The number of carbonyl (C=O) groups is 2. The summed E-state index contributed by atoms with van der Waals surface area (Å²) >= 11 is 0. The average Bonchev–Trinajstić information content (AvgIpc) is 3.04. The van der Waals surface area contributed by atoms with Gasteiger partial charge in [-0.05, 0) is 39.0 Å². The Morgan fingerprint density at radius 3 is 2.48 bits per heavy atom. The van der Waals surface area contributed by atoms with Crippen LogP contribution in [0.3, 0.4) is 0 Å². The van der Waals surface area contributed by atoms with E-state index >= 15 is 0 Å².